The summed E-state index contributed by atoms with van der Waals surface area (Å²) in [6, 6.07) is 8.03. The summed E-state index contributed by atoms with van der Waals surface area (Å²) >= 11 is 0. The van der Waals surface area contributed by atoms with Crippen molar-refractivity contribution in [2.75, 3.05) is 18.5 Å². The first-order chi connectivity index (χ1) is 16.6. The molecule has 0 heterocycles. The van der Waals surface area contributed by atoms with Gasteiger partial charge < -0.3 is 14.6 Å². The van der Waals surface area contributed by atoms with Crippen LogP contribution in [-0.2, 0) is 15.9 Å². The minimum absolute atomic E-state index is 0.306. The van der Waals surface area contributed by atoms with Crippen molar-refractivity contribution in [3.8, 4) is 0 Å². The summed E-state index contributed by atoms with van der Waals surface area (Å²) in [6.07, 6.45) is 18.2. The summed E-state index contributed by atoms with van der Waals surface area (Å²) in [4.78, 5) is 22.3. The third kappa shape index (κ3) is 18.2. The Balaban J connectivity index is 2.03. The summed E-state index contributed by atoms with van der Waals surface area (Å²) in [5.74, 6) is 0. The Labute approximate surface area is 206 Å². The van der Waals surface area contributed by atoms with Crippen molar-refractivity contribution in [1.29, 1.82) is 0 Å². The van der Waals surface area contributed by atoms with Gasteiger partial charge in [0.15, 0.2) is 0 Å². The second-order valence-corrected chi connectivity index (χ2v) is 9.13. The zero-order valence-corrected chi connectivity index (χ0v) is 21.3. The average molecular weight is 478 g/mol. The number of rotatable bonds is 21. The highest BCUT2D eigenvalue weighted by molar-refractivity contribution is 5.84. The van der Waals surface area contributed by atoms with E-state index in [4.69, 9.17) is 9.84 Å². The number of ether oxygens (including phenoxy) is 2. The molecule has 1 aromatic rings. The number of hydrogen-bond acceptors (Lipinski definition) is 4. The zero-order valence-electron chi connectivity index (χ0n) is 21.3. The van der Waals surface area contributed by atoms with Crippen molar-refractivity contribution < 1.29 is 24.2 Å². The first-order valence-corrected chi connectivity index (χ1v) is 13.5. The molecule has 0 bridgehead atoms. The van der Waals surface area contributed by atoms with Gasteiger partial charge in [-0.15, -0.1) is 0 Å². The SMILES string of the molecule is CCCCCCCCCCOC(=O)Nc1cccc(CCCCCCCCCCOC(=O)O)c1. The van der Waals surface area contributed by atoms with Crippen LogP contribution in [0.1, 0.15) is 115 Å². The molecule has 34 heavy (non-hydrogen) atoms. The predicted octanol–water partition coefficient (Wildman–Crippen LogP) is 8.73. The number of benzene rings is 1. The normalized spacial score (nSPS) is 10.7. The van der Waals surface area contributed by atoms with Crippen LogP contribution in [0.15, 0.2) is 24.3 Å². The van der Waals surface area contributed by atoms with Gasteiger partial charge in [0.25, 0.3) is 0 Å². The maximum Gasteiger partial charge on any atom is 0.505 e. The molecule has 0 saturated carbocycles. The van der Waals surface area contributed by atoms with Crippen molar-refractivity contribution in [3.05, 3.63) is 29.8 Å². The van der Waals surface area contributed by atoms with Gasteiger partial charge >= 0.3 is 12.2 Å². The highest BCUT2D eigenvalue weighted by Gasteiger charge is 2.04. The number of anilines is 1. The Morgan fingerprint density at radius 2 is 1.26 bits per heavy atom. The molecular formula is C28H47NO5. The minimum atomic E-state index is -1.18. The van der Waals surface area contributed by atoms with Gasteiger partial charge in [-0.25, -0.2) is 9.59 Å². The lowest BCUT2D eigenvalue weighted by atomic mass is 10.0. The minimum Gasteiger partial charge on any atom is -0.450 e. The molecule has 194 valence electrons. The van der Waals surface area contributed by atoms with Crippen molar-refractivity contribution in [1.82, 2.24) is 0 Å². The van der Waals surface area contributed by atoms with E-state index in [0.717, 1.165) is 50.6 Å². The molecule has 6 nitrogen and oxygen atoms in total. The standard InChI is InChI=1S/C28H47NO5/c1-2-3-4-5-6-10-13-16-22-33-27(30)29-26-21-18-20-25(24-26)19-15-12-9-7-8-11-14-17-23-34-28(31)32/h18,20-21,24H,2-17,19,22-23H2,1H3,(H,29,30)(H,31,32). The number of unbranched alkanes of at least 4 members (excludes halogenated alkanes) is 14. The first-order valence-electron chi connectivity index (χ1n) is 13.5. The number of nitrogens with one attached hydrogen (secondary N) is 1. The lowest BCUT2D eigenvalue weighted by molar-refractivity contribution is 0.0899. The Morgan fingerprint density at radius 3 is 1.85 bits per heavy atom. The molecule has 1 aromatic carbocycles. The Kier molecular flexibility index (Phi) is 18.7. The van der Waals surface area contributed by atoms with Crippen LogP contribution in [0.3, 0.4) is 0 Å². The van der Waals surface area contributed by atoms with Gasteiger partial charge in [0, 0.05) is 5.69 Å². The highest BCUT2D eigenvalue weighted by Crippen LogP contribution is 2.15. The second kappa shape index (κ2) is 21.3. The van der Waals surface area contributed by atoms with Gasteiger partial charge in [-0.2, -0.15) is 0 Å². The van der Waals surface area contributed by atoms with E-state index in [2.05, 4.69) is 23.0 Å². The fourth-order valence-corrected chi connectivity index (χ4v) is 4.01. The van der Waals surface area contributed by atoms with Gasteiger partial charge in [0.2, 0.25) is 0 Å². The van der Waals surface area contributed by atoms with E-state index in [9.17, 15) is 9.59 Å². The molecule has 0 spiro atoms. The molecule has 0 aliphatic carbocycles. The molecular weight excluding hydrogens is 430 g/mol. The third-order valence-corrected chi connectivity index (χ3v) is 5.99. The quantitative estimate of drug-likeness (QED) is 0.137. The predicted molar refractivity (Wildman–Crippen MR) is 139 cm³/mol. The summed E-state index contributed by atoms with van der Waals surface area (Å²) in [7, 11) is 0. The third-order valence-electron chi connectivity index (χ3n) is 5.99. The van der Waals surface area contributed by atoms with Gasteiger partial charge in [-0.05, 0) is 43.4 Å². The number of carbonyl (C=O) groups excluding carboxylic acids is 1. The van der Waals surface area contributed by atoms with Crippen LogP contribution in [-0.4, -0.2) is 30.6 Å². The summed E-state index contributed by atoms with van der Waals surface area (Å²) in [5.41, 5.74) is 2.03. The van der Waals surface area contributed by atoms with Gasteiger partial charge in [0.05, 0.1) is 13.2 Å². The van der Waals surface area contributed by atoms with Gasteiger partial charge in [0.1, 0.15) is 0 Å². The van der Waals surface area contributed by atoms with Crippen LogP contribution >= 0.6 is 0 Å². The average Bonchev–Trinajstić information content (AvgIpc) is 2.81. The van der Waals surface area contributed by atoms with E-state index >= 15 is 0 Å². The molecule has 2 N–H and O–H groups in total. The fraction of sp³-hybridized carbons (Fsp3) is 0.714. The number of carboxylic acid groups (broad SMARTS) is 1. The Bertz CT molecular complexity index is 649. The lowest BCUT2D eigenvalue weighted by Crippen LogP contribution is -2.14. The van der Waals surface area contributed by atoms with Crippen molar-refractivity contribution in [3.63, 3.8) is 0 Å². The van der Waals surface area contributed by atoms with E-state index in [1.54, 1.807) is 0 Å². The fourth-order valence-electron chi connectivity index (χ4n) is 4.01. The number of hydrogen-bond donors (Lipinski definition) is 2. The van der Waals surface area contributed by atoms with Gasteiger partial charge in [-0.1, -0.05) is 103 Å². The molecule has 0 fully saturated rings. The number of aryl methyl sites for hydroxylation is 1. The summed E-state index contributed by atoms with van der Waals surface area (Å²) in [6.45, 7) is 3.02. The zero-order chi connectivity index (χ0) is 24.7. The Hall–Kier alpha value is -2.24. The van der Waals surface area contributed by atoms with Crippen LogP contribution in [0.4, 0.5) is 15.3 Å². The summed E-state index contributed by atoms with van der Waals surface area (Å²) < 4.78 is 9.83. The highest BCUT2D eigenvalue weighted by atomic mass is 16.7. The molecule has 0 aromatic heterocycles. The molecule has 6 heteroatoms. The Morgan fingerprint density at radius 1 is 0.735 bits per heavy atom. The molecule has 1 rings (SSSR count). The van der Waals surface area contributed by atoms with Crippen molar-refractivity contribution in [2.24, 2.45) is 0 Å². The van der Waals surface area contributed by atoms with Crippen LogP contribution in [0.5, 0.6) is 0 Å². The maximum absolute atomic E-state index is 12.0. The molecule has 0 aliphatic rings. The smallest absolute Gasteiger partial charge is 0.450 e. The number of carbonyl (C=O) groups is 2. The summed E-state index contributed by atoms with van der Waals surface area (Å²) in [5, 5.41) is 11.3. The van der Waals surface area contributed by atoms with Crippen LogP contribution in [0.2, 0.25) is 0 Å². The molecule has 0 aliphatic heterocycles. The second-order valence-electron chi connectivity index (χ2n) is 9.13. The maximum atomic E-state index is 12.0. The van der Waals surface area contributed by atoms with Crippen molar-refractivity contribution in [2.45, 2.75) is 116 Å². The lowest BCUT2D eigenvalue weighted by Gasteiger charge is -2.09. The van der Waals surface area contributed by atoms with Crippen LogP contribution in [0, 0.1) is 0 Å². The van der Waals surface area contributed by atoms with E-state index in [0.29, 0.717) is 13.2 Å². The van der Waals surface area contributed by atoms with E-state index < -0.39 is 6.16 Å². The van der Waals surface area contributed by atoms with E-state index in [1.165, 1.54) is 69.8 Å². The molecule has 0 unspecified atom stereocenters. The number of amides is 1. The molecule has 0 atom stereocenters. The topological polar surface area (TPSA) is 84.9 Å². The van der Waals surface area contributed by atoms with E-state index in [-0.39, 0.29) is 6.09 Å². The first kappa shape index (κ1) is 29.8. The molecule has 1 amide bonds. The van der Waals surface area contributed by atoms with Crippen molar-refractivity contribution >= 4 is 17.9 Å². The molecule has 0 radical (unpaired) electrons. The molecule has 0 saturated heterocycles. The van der Waals surface area contributed by atoms with Crippen LogP contribution < -0.4 is 5.32 Å². The van der Waals surface area contributed by atoms with E-state index in [1.807, 2.05) is 18.2 Å². The van der Waals surface area contributed by atoms with Gasteiger partial charge in [-0.3, -0.25) is 5.32 Å². The largest absolute Gasteiger partial charge is 0.505 e. The monoisotopic (exact) mass is 477 g/mol. The van der Waals surface area contributed by atoms with Crippen LogP contribution in [0.25, 0.3) is 0 Å².